The number of carboxylic acids is 1. The number of aliphatic carboxylic acids is 1. The number of thiol groups is 1. The van der Waals surface area contributed by atoms with E-state index in [0.29, 0.717) is 12.8 Å². The number of hydrogen-bond acceptors (Lipinski definition) is 7. The van der Waals surface area contributed by atoms with Crippen molar-refractivity contribution in [3.63, 3.8) is 0 Å². The van der Waals surface area contributed by atoms with Crippen molar-refractivity contribution in [3.05, 3.63) is 0 Å². The first-order chi connectivity index (χ1) is 15.3. The van der Waals surface area contributed by atoms with Gasteiger partial charge in [-0.2, -0.15) is 12.6 Å². The Bertz CT molecular complexity index is 700. The number of carbonyl (C=O) groups excluding carboxylic acids is 3. The molecule has 12 nitrogen and oxygen atoms in total. The minimum atomic E-state index is -1.19. The molecular weight excluding hydrogens is 450 g/mol. The van der Waals surface area contributed by atoms with Crippen LogP contribution in [0.4, 0.5) is 0 Å². The van der Waals surface area contributed by atoms with Crippen LogP contribution in [-0.2, 0) is 19.2 Å². The molecule has 3 amide bonds. The highest BCUT2D eigenvalue weighted by Gasteiger charge is 2.31. The lowest BCUT2D eigenvalue weighted by Crippen LogP contribution is -2.58. The summed E-state index contributed by atoms with van der Waals surface area (Å²) in [5.41, 5.74) is 16.6. The predicted octanol–water partition coefficient (Wildman–Crippen LogP) is -1.46. The molecule has 0 aromatic rings. The third-order valence-corrected chi connectivity index (χ3v) is 5.55. The molecule has 0 aromatic heterocycles. The minimum absolute atomic E-state index is 0.0803. The summed E-state index contributed by atoms with van der Waals surface area (Å²) in [6.07, 6.45) is 1.24. The van der Waals surface area contributed by atoms with Gasteiger partial charge in [0.05, 0.1) is 6.04 Å². The van der Waals surface area contributed by atoms with Gasteiger partial charge in [0, 0.05) is 12.3 Å². The van der Waals surface area contributed by atoms with Gasteiger partial charge in [0.15, 0.2) is 5.96 Å². The lowest BCUT2D eigenvalue weighted by atomic mass is 9.98. The molecule has 0 bridgehead atoms. The molecule has 0 aliphatic heterocycles. The molecule has 0 saturated carbocycles. The first kappa shape index (κ1) is 30.5. The van der Waals surface area contributed by atoms with Crippen LogP contribution in [0, 0.1) is 11.8 Å². The number of nitrogens with one attached hydrogen (secondary N) is 3. The smallest absolute Gasteiger partial charge is 0.326 e. The van der Waals surface area contributed by atoms with Crippen LogP contribution in [0.3, 0.4) is 0 Å². The van der Waals surface area contributed by atoms with Crippen molar-refractivity contribution in [2.75, 3.05) is 12.3 Å². The van der Waals surface area contributed by atoms with Gasteiger partial charge in [-0.3, -0.25) is 19.4 Å². The van der Waals surface area contributed by atoms with Crippen molar-refractivity contribution < 1.29 is 24.3 Å². The molecule has 0 heterocycles. The minimum Gasteiger partial charge on any atom is -0.480 e. The van der Waals surface area contributed by atoms with E-state index in [1.807, 2.05) is 13.8 Å². The van der Waals surface area contributed by atoms with E-state index in [2.05, 4.69) is 33.6 Å². The van der Waals surface area contributed by atoms with E-state index in [-0.39, 0.29) is 36.5 Å². The van der Waals surface area contributed by atoms with Gasteiger partial charge in [-0.1, -0.05) is 34.1 Å². The highest BCUT2D eigenvalue weighted by Crippen LogP contribution is 2.08. The Morgan fingerprint density at radius 1 is 0.970 bits per heavy atom. The van der Waals surface area contributed by atoms with Crippen LogP contribution in [-0.4, -0.2) is 71.2 Å². The number of nitrogens with two attached hydrogens (primary N) is 3. The van der Waals surface area contributed by atoms with Crippen LogP contribution in [0.25, 0.3) is 0 Å². The Labute approximate surface area is 200 Å². The van der Waals surface area contributed by atoms with Crippen molar-refractivity contribution in [1.82, 2.24) is 16.0 Å². The zero-order valence-corrected chi connectivity index (χ0v) is 20.6. The van der Waals surface area contributed by atoms with Crippen molar-refractivity contribution in [2.24, 2.45) is 34.0 Å². The fourth-order valence-electron chi connectivity index (χ4n) is 2.79. The maximum absolute atomic E-state index is 12.9. The molecule has 0 aromatic carbocycles. The molecule has 0 aliphatic carbocycles. The molecule has 0 radical (unpaired) electrons. The van der Waals surface area contributed by atoms with Crippen molar-refractivity contribution in [3.8, 4) is 0 Å². The highest BCUT2D eigenvalue weighted by atomic mass is 32.1. The Morgan fingerprint density at radius 2 is 1.52 bits per heavy atom. The average Bonchev–Trinajstić information content (AvgIpc) is 2.75. The topological polar surface area (TPSA) is 215 Å². The molecule has 13 heteroatoms. The summed E-state index contributed by atoms with van der Waals surface area (Å²) in [4.78, 5) is 53.2. The van der Waals surface area contributed by atoms with Crippen LogP contribution >= 0.6 is 12.6 Å². The maximum Gasteiger partial charge on any atom is 0.326 e. The quantitative estimate of drug-likeness (QED) is 0.0587. The number of nitrogens with zero attached hydrogens (tertiary/aromatic N) is 1. The summed E-state index contributed by atoms with van der Waals surface area (Å²) in [5, 5.41) is 16.8. The number of hydrogen-bond donors (Lipinski definition) is 8. The highest BCUT2D eigenvalue weighted by molar-refractivity contribution is 7.80. The van der Waals surface area contributed by atoms with E-state index in [1.54, 1.807) is 13.8 Å². The van der Waals surface area contributed by atoms with Gasteiger partial charge in [0.25, 0.3) is 0 Å². The maximum atomic E-state index is 12.9. The van der Waals surface area contributed by atoms with Gasteiger partial charge in [0.1, 0.15) is 18.1 Å². The van der Waals surface area contributed by atoms with Crippen LogP contribution in [0.15, 0.2) is 4.99 Å². The van der Waals surface area contributed by atoms with Gasteiger partial charge in [0.2, 0.25) is 17.7 Å². The second-order valence-electron chi connectivity index (χ2n) is 8.23. The zero-order valence-electron chi connectivity index (χ0n) is 19.7. The first-order valence-electron chi connectivity index (χ1n) is 10.9. The lowest BCUT2D eigenvalue weighted by Gasteiger charge is -2.26. The van der Waals surface area contributed by atoms with Gasteiger partial charge in [-0.25, -0.2) is 4.79 Å². The SMILES string of the molecule is CCC(C)C(N)C(=O)NC(CCCN=C(N)N)C(=O)NC(CS)C(=O)NC(C(=O)O)C(C)C. The Kier molecular flexibility index (Phi) is 14.1. The fourth-order valence-corrected chi connectivity index (χ4v) is 3.04. The first-order valence-corrected chi connectivity index (χ1v) is 11.5. The Balaban J connectivity index is 5.39. The normalized spacial score (nSPS) is 15.5. The fraction of sp³-hybridized carbons (Fsp3) is 0.750. The molecule has 0 saturated heterocycles. The van der Waals surface area contributed by atoms with Crippen molar-refractivity contribution >= 4 is 42.3 Å². The van der Waals surface area contributed by atoms with Gasteiger partial charge in [-0.15, -0.1) is 0 Å². The number of carbonyl (C=O) groups is 4. The van der Waals surface area contributed by atoms with E-state index in [9.17, 15) is 24.3 Å². The van der Waals surface area contributed by atoms with Crippen LogP contribution in [0.5, 0.6) is 0 Å². The third kappa shape index (κ3) is 11.2. The molecule has 0 fully saturated rings. The number of carboxylic acid groups (broad SMARTS) is 1. The average molecular weight is 490 g/mol. The molecule has 5 atom stereocenters. The number of rotatable bonds is 15. The summed E-state index contributed by atoms with van der Waals surface area (Å²) in [6.45, 7) is 7.26. The summed E-state index contributed by atoms with van der Waals surface area (Å²) in [5.74, 6) is -3.65. The molecule has 33 heavy (non-hydrogen) atoms. The number of aliphatic imine (C=N–C) groups is 1. The van der Waals surface area contributed by atoms with Gasteiger partial charge < -0.3 is 38.3 Å². The molecular formula is C20H39N7O5S. The summed E-state index contributed by atoms with van der Waals surface area (Å²) < 4.78 is 0. The van der Waals surface area contributed by atoms with Crippen LogP contribution < -0.4 is 33.2 Å². The summed E-state index contributed by atoms with van der Waals surface area (Å²) in [6, 6.07) is -4.05. The monoisotopic (exact) mass is 489 g/mol. The van der Waals surface area contributed by atoms with E-state index in [1.165, 1.54) is 0 Å². The molecule has 0 spiro atoms. The van der Waals surface area contributed by atoms with Crippen LogP contribution in [0.2, 0.25) is 0 Å². The summed E-state index contributed by atoms with van der Waals surface area (Å²) >= 11 is 4.10. The number of amides is 3. The van der Waals surface area contributed by atoms with Crippen molar-refractivity contribution in [1.29, 1.82) is 0 Å². The van der Waals surface area contributed by atoms with E-state index < -0.39 is 47.9 Å². The lowest BCUT2D eigenvalue weighted by molar-refractivity contribution is -0.143. The molecule has 5 unspecified atom stereocenters. The standard InChI is InChI=1S/C20H39N7O5S/c1-5-11(4)14(21)18(30)25-12(7-6-8-24-20(22)23)16(28)26-13(9-33)17(29)27-15(10(2)3)19(31)32/h10-15,33H,5-9,21H2,1-4H3,(H,25,30)(H,26,28)(H,27,29)(H,31,32)(H4,22,23,24). The third-order valence-electron chi connectivity index (χ3n) is 5.18. The van der Waals surface area contributed by atoms with Crippen molar-refractivity contribution in [2.45, 2.75) is 71.1 Å². The Hall–Kier alpha value is -2.54. The molecule has 10 N–H and O–H groups in total. The second-order valence-corrected chi connectivity index (χ2v) is 8.60. The largest absolute Gasteiger partial charge is 0.480 e. The van der Waals surface area contributed by atoms with E-state index in [4.69, 9.17) is 17.2 Å². The van der Waals surface area contributed by atoms with Gasteiger partial charge >= 0.3 is 5.97 Å². The van der Waals surface area contributed by atoms with Crippen LogP contribution in [0.1, 0.15) is 47.0 Å². The molecule has 190 valence electrons. The van der Waals surface area contributed by atoms with Gasteiger partial charge in [-0.05, 0) is 24.7 Å². The van der Waals surface area contributed by atoms with E-state index >= 15 is 0 Å². The predicted molar refractivity (Wildman–Crippen MR) is 129 cm³/mol. The molecule has 0 aliphatic rings. The second kappa shape index (κ2) is 15.3. The molecule has 0 rings (SSSR count). The Morgan fingerprint density at radius 3 is 1.97 bits per heavy atom. The number of guanidine groups is 1. The van der Waals surface area contributed by atoms with E-state index in [0.717, 1.165) is 0 Å². The summed E-state index contributed by atoms with van der Waals surface area (Å²) in [7, 11) is 0. The zero-order chi connectivity index (χ0) is 25.7.